The molecule has 0 bridgehead atoms. The van der Waals surface area contributed by atoms with Gasteiger partial charge in [0, 0.05) is 146 Å². The smallest absolute Gasteiger partial charge is 0.0542 e. The maximum atomic E-state index is 2.41. The first-order valence-electron chi connectivity index (χ1n) is 50.6. The summed E-state index contributed by atoms with van der Waals surface area (Å²) >= 11 is 0. The molecule has 4 aliphatic heterocycles. The van der Waals surface area contributed by atoms with Gasteiger partial charge in [-0.2, -0.15) is 0 Å². The van der Waals surface area contributed by atoms with Crippen molar-refractivity contribution in [2.75, 3.05) is 67.4 Å². The third-order valence-corrected chi connectivity index (χ3v) is 29.7. The Hall–Kier alpha value is -18.8. The average molecular weight is 1890 g/mol. The van der Waals surface area contributed by atoms with Crippen LogP contribution in [0.4, 0.5) is 114 Å². The second-order valence-electron chi connectivity index (χ2n) is 38.5. The van der Waals surface area contributed by atoms with E-state index in [4.69, 9.17) is 0 Å². The van der Waals surface area contributed by atoms with Crippen molar-refractivity contribution >= 4 is 114 Å². The van der Waals surface area contributed by atoms with Crippen molar-refractivity contribution in [2.45, 2.75) is 19.3 Å². The van der Waals surface area contributed by atoms with E-state index >= 15 is 0 Å². The number of anilines is 20. The van der Waals surface area contributed by atoms with Gasteiger partial charge in [-0.15, -0.1) is 0 Å². The first-order chi connectivity index (χ1) is 72.4. The molecule has 0 saturated carbocycles. The van der Waals surface area contributed by atoms with Crippen LogP contribution in [0.1, 0.15) is 25.0 Å². The Kier molecular flexibility index (Phi) is 24.2. The third-order valence-electron chi connectivity index (χ3n) is 29.7. The van der Waals surface area contributed by atoms with Gasteiger partial charge in [0.05, 0.1) is 45.5 Å². The van der Waals surface area contributed by atoms with Gasteiger partial charge in [-0.3, -0.25) is 0 Å². The quantitative estimate of drug-likeness (QED) is 0.113. The van der Waals surface area contributed by atoms with E-state index in [-0.39, 0.29) is 5.41 Å². The van der Waals surface area contributed by atoms with Crippen LogP contribution in [-0.2, 0) is 5.41 Å². The van der Waals surface area contributed by atoms with Crippen LogP contribution in [0.2, 0.25) is 0 Å². The number of benzene rings is 22. The van der Waals surface area contributed by atoms with Gasteiger partial charge in [-0.1, -0.05) is 366 Å². The summed E-state index contributed by atoms with van der Waals surface area (Å²) in [5.74, 6) is 0. The zero-order valence-corrected chi connectivity index (χ0v) is 83.0. The summed E-state index contributed by atoms with van der Waals surface area (Å²) < 4.78 is 0. The number of nitrogens with zero attached hydrogens (tertiary/aromatic N) is 8. The minimum Gasteiger partial charge on any atom is -0.345 e. The highest BCUT2D eigenvalue weighted by molar-refractivity contribution is 6.09. The minimum absolute atomic E-state index is 0.0303. The molecule has 1 aliphatic carbocycles. The fourth-order valence-electron chi connectivity index (χ4n) is 22.2. The molecule has 0 atom stereocenters. The van der Waals surface area contributed by atoms with Crippen LogP contribution in [0.3, 0.4) is 0 Å². The van der Waals surface area contributed by atoms with Crippen molar-refractivity contribution in [3.63, 3.8) is 0 Å². The molecule has 5 aliphatic rings. The lowest BCUT2D eigenvalue weighted by molar-refractivity contribution is 0.660. The fraction of sp³-hybridized carbons (Fsp3) is 0.0504. The number of fused-ring (bicyclic) bond motifs is 23. The molecule has 0 radical (unpaired) electrons. The molecule has 22 aromatic rings. The summed E-state index contributed by atoms with van der Waals surface area (Å²) in [5, 5.41) is 0. The highest BCUT2D eigenvalue weighted by atomic mass is 15.2. The zero-order valence-electron chi connectivity index (χ0n) is 83.0. The molecule has 8 nitrogen and oxygen atoms in total. The van der Waals surface area contributed by atoms with Gasteiger partial charge < -0.3 is 39.2 Å². The number of hydrogen-bond acceptors (Lipinski definition) is 8. The van der Waals surface area contributed by atoms with Crippen molar-refractivity contribution < 1.29 is 0 Å². The Morgan fingerprint density at radius 1 is 0.136 bits per heavy atom. The predicted octanol–water partition coefficient (Wildman–Crippen LogP) is 38.3. The first-order valence-corrected chi connectivity index (χ1v) is 50.6. The van der Waals surface area contributed by atoms with Crippen LogP contribution < -0.4 is 39.2 Å². The van der Waals surface area contributed by atoms with Crippen molar-refractivity contribution in [1.82, 2.24) is 0 Å². The van der Waals surface area contributed by atoms with Crippen molar-refractivity contribution in [3.05, 3.63) is 557 Å². The molecule has 0 fully saturated rings. The lowest BCUT2D eigenvalue weighted by Crippen LogP contribution is -2.16. The molecule has 0 spiro atoms. The molecular formula is C139H108N8. The minimum atomic E-state index is -0.0303. The maximum absolute atomic E-state index is 2.41. The molecular weight excluding hydrogens is 1780 g/mol. The molecule has 27 rings (SSSR count). The van der Waals surface area contributed by atoms with Crippen LogP contribution in [-0.4, -0.2) is 28.2 Å². The van der Waals surface area contributed by atoms with Crippen LogP contribution in [0.15, 0.2) is 546 Å². The Morgan fingerprint density at radius 3 is 0.667 bits per heavy atom. The molecule has 0 unspecified atom stereocenters. The van der Waals surface area contributed by atoms with E-state index < -0.39 is 0 Å². The zero-order chi connectivity index (χ0) is 99.0. The number of rotatable bonds is 13. The summed E-state index contributed by atoms with van der Waals surface area (Å²) in [5.41, 5.74) is 51.2. The lowest BCUT2D eigenvalue weighted by atomic mass is 9.82. The summed E-state index contributed by atoms with van der Waals surface area (Å²) in [6, 6.07) is 196. The highest BCUT2D eigenvalue weighted by Gasteiger charge is 2.38. The van der Waals surface area contributed by atoms with Crippen molar-refractivity contribution in [3.8, 4) is 111 Å². The second kappa shape index (κ2) is 39.3. The van der Waals surface area contributed by atoms with Crippen LogP contribution >= 0.6 is 0 Å². The van der Waals surface area contributed by atoms with E-state index in [1.807, 2.05) is 0 Å². The van der Waals surface area contributed by atoms with E-state index in [0.717, 1.165) is 45.5 Å². The van der Waals surface area contributed by atoms with Gasteiger partial charge >= 0.3 is 0 Å². The van der Waals surface area contributed by atoms with Gasteiger partial charge in [0.2, 0.25) is 0 Å². The largest absolute Gasteiger partial charge is 0.345 e. The fourth-order valence-corrected chi connectivity index (χ4v) is 22.2. The molecule has 0 amide bonds. The highest BCUT2D eigenvalue weighted by Crippen LogP contribution is 2.59. The van der Waals surface area contributed by atoms with Crippen molar-refractivity contribution in [2.24, 2.45) is 0 Å². The van der Waals surface area contributed by atoms with Crippen molar-refractivity contribution in [1.29, 1.82) is 0 Å². The number of hydrogen-bond donors (Lipinski definition) is 0. The topological polar surface area (TPSA) is 25.9 Å². The summed E-state index contributed by atoms with van der Waals surface area (Å²) in [6.07, 6.45) is 0. The monoisotopic (exact) mass is 1890 g/mol. The SMILES string of the molecule is CN(c1ccc(-c2ccccc2)cc1)c1ccc2c(c1)-c1ccccc1N(c1ccccc1)c1ccccc1-2.CN(c1ccc2c(c1)-c1ccccc1-c1ccccc1N2c1ccccc1)c1ccc2c(c1)C(C)(C)c1ccccc1-2.CN(c1ccccc1)c1ccc2c(c1)-c1ccccc1-c1ccccc1N2c1ccccc1.CN(c1ccccc1)c1ccc2c(c1)-c1ccccc1N(c1ccccc1)c1ccccc1-2. The Labute approximate surface area is 862 Å². The Balaban J connectivity index is 0.000000105. The molecule has 22 aromatic carbocycles. The predicted molar refractivity (Wildman–Crippen MR) is 623 cm³/mol. The van der Waals surface area contributed by atoms with Crippen LogP contribution in [0.5, 0.6) is 0 Å². The normalized spacial score (nSPS) is 12.3. The lowest BCUT2D eigenvalue weighted by Gasteiger charge is -2.29. The van der Waals surface area contributed by atoms with Gasteiger partial charge in [0.1, 0.15) is 0 Å². The summed E-state index contributed by atoms with van der Waals surface area (Å²) in [4.78, 5) is 18.6. The molecule has 4 heterocycles. The molecule has 0 N–H and O–H groups in total. The van der Waals surface area contributed by atoms with E-state index in [1.165, 1.54) is 191 Å². The first kappa shape index (κ1) is 90.8. The van der Waals surface area contributed by atoms with Gasteiger partial charge in [-0.05, 0) is 272 Å². The Bertz CT molecular complexity index is 8590. The molecule has 0 saturated heterocycles. The molecule has 704 valence electrons. The Morgan fingerprint density at radius 2 is 0.333 bits per heavy atom. The van der Waals surface area contributed by atoms with E-state index in [2.05, 4.69) is 627 Å². The summed E-state index contributed by atoms with van der Waals surface area (Å²) in [7, 11) is 8.59. The maximum Gasteiger partial charge on any atom is 0.0542 e. The molecule has 8 heteroatoms. The van der Waals surface area contributed by atoms with Crippen LogP contribution in [0.25, 0.3) is 111 Å². The van der Waals surface area contributed by atoms with E-state index in [0.29, 0.717) is 0 Å². The second-order valence-corrected chi connectivity index (χ2v) is 38.5. The summed E-state index contributed by atoms with van der Waals surface area (Å²) in [6.45, 7) is 4.69. The van der Waals surface area contributed by atoms with Gasteiger partial charge in [0.25, 0.3) is 0 Å². The average Bonchev–Trinajstić information content (AvgIpc) is 1.59. The standard InChI is InChI=1S/C40H32N2.C37H28N2.2C31H24N2/c1-40(2)36-19-11-9-17-32(36)33-23-21-29(26-37(33)40)41(3)28-22-24-39-35(25-28)31-16-8-7-15-30(31)34-18-10-12-20-38(34)42(39)27-13-5-4-6-14-27;1-38(29-22-20-28(21-23-29)27-12-4-2-5-13-27)31-24-25-32-33-16-8-10-18-36(33)39(30-14-6-3-7-15-30)37-19-11-9-17-34(37)35(32)26-31;1-32(23-12-4-2-5-13-23)25-20-21-26-27-16-8-10-18-30(27)33(24-14-6-3-7-15-24)31-19-11-9-17-28(31)29(26)22-25;1-32(23-12-4-2-5-13-23)25-20-21-31-29(22-25)27-17-9-8-16-26(27)28-18-10-11-19-30(28)33(31)24-14-6-3-7-15-24/h4-26H,1-3H3;2-26H,1H3;2*2-22H,1H3. The van der Waals surface area contributed by atoms with Crippen LogP contribution in [0, 0.1) is 0 Å². The third kappa shape index (κ3) is 16.9. The molecule has 147 heavy (non-hydrogen) atoms. The van der Waals surface area contributed by atoms with Gasteiger partial charge in [0.15, 0.2) is 0 Å². The van der Waals surface area contributed by atoms with E-state index in [9.17, 15) is 0 Å². The van der Waals surface area contributed by atoms with E-state index in [1.54, 1.807) is 0 Å². The molecule has 0 aromatic heterocycles. The number of para-hydroxylation sites is 12. The van der Waals surface area contributed by atoms with Gasteiger partial charge in [-0.25, -0.2) is 0 Å².